The molecule has 0 saturated carbocycles. The minimum atomic E-state index is -0.0174. The Labute approximate surface area is 125 Å². The number of halogens is 1. The highest BCUT2D eigenvalue weighted by Crippen LogP contribution is 2.37. The van der Waals surface area contributed by atoms with Gasteiger partial charge in [-0.25, -0.2) is 0 Å². The molecule has 1 heterocycles. The average molecular weight is 300 g/mol. The maximum atomic E-state index is 6.38. The van der Waals surface area contributed by atoms with Crippen LogP contribution < -0.4 is 14.8 Å². The van der Waals surface area contributed by atoms with E-state index in [4.69, 9.17) is 25.8 Å². The first-order valence-electron chi connectivity index (χ1n) is 6.78. The van der Waals surface area contributed by atoms with Gasteiger partial charge < -0.3 is 19.5 Å². The summed E-state index contributed by atoms with van der Waals surface area (Å²) in [7, 11) is 3.19. The molecule has 20 heavy (non-hydrogen) atoms. The molecule has 4 nitrogen and oxygen atoms in total. The van der Waals surface area contributed by atoms with Gasteiger partial charge in [-0.1, -0.05) is 17.7 Å². The Morgan fingerprint density at radius 1 is 1.40 bits per heavy atom. The molecule has 1 aromatic carbocycles. The van der Waals surface area contributed by atoms with Gasteiger partial charge in [0.2, 0.25) is 0 Å². The van der Waals surface area contributed by atoms with Crippen molar-refractivity contribution in [3.05, 3.63) is 22.7 Å². The summed E-state index contributed by atoms with van der Waals surface area (Å²) in [4.78, 5) is 0. The van der Waals surface area contributed by atoms with Gasteiger partial charge >= 0.3 is 0 Å². The van der Waals surface area contributed by atoms with Crippen molar-refractivity contribution in [2.45, 2.75) is 38.5 Å². The molecule has 5 heteroatoms. The van der Waals surface area contributed by atoms with Crippen LogP contribution in [-0.2, 0) is 11.3 Å². The molecule has 0 aliphatic carbocycles. The lowest BCUT2D eigenvalue weighted by atomic mass is 9.94. The third-order valence-electron chi connectivity index (χ3n) is 4.13. The minimum absolute atomic E-state index is 0.0174. The zero-order chi connectivity index (χ0) is 14.8. The van der Waals surface area contributed by atoms with E-state index in [9.17, 15) is 0 Å². The summed E-state index contributed by atoms with van der Waals surface area (Å²) < 4.78 is 16.2. The first-order valence-corrected chi connectivity index (χ1v) is 7.15. The highest BCUT2D eigenvalue weighted by molar-refractivity contribution is 6.33. The monoisotopic (exact) mass is 299 g/mol. The highest BCUT2D eigenvalue weighted by Gasteiger charge is 2.36. The Balaban J connectivity index is 2.14. The second-order valence-electron chi connectivity index (χ2n) is 5.31. The lowest BCUT2D eigenvalue weighted by molar-refractivity contribution is 0.0881. The molecule has 112 valence electrons. The predicted octanol–water partition coefficient (Wildman–Crippen LogP) is 3.01. The van der Waals surface area contributed by atoms with Crippen LogP contribution in [0.3, 0.4) is 0 Å². The van der Waals surface area contributed by atoms with E-state index in [1.165, 1.54) is 0 Å². The molecule has 2 unspecified atom stereocenters. The van der Waals surface area contributed by atoms with Crippen molar-refractivity contribution in [2.75, 3.05) is 20.8 Å². The molecule has 1 saturated heterocycles. The summed E-state index contributed by atoms with van der Waals surface area (Å²) in [5.41, 5.74) is 0.973. The van der Waals surface area contributed by atoms with Gasteiger partial charge in [-0.15, -0.1) is 0 Å². The smallest absolute Gasteiger partial charge is 0.179 e. The van der Waals surface area contributed by atoms with Crippen LogP contribution in [0.25, 0.3) is 0 Å². The molecule has 1 aromatic rings. The maximum Gasteiger partial charge on any atom is 0.179 e. The number of hydrogen-bond acceptors (Lipinski definition) is 4. The molecule has 0 radical (unpaired) electrons. The van der Waals surface area contributed by atoms with E-state index >= 15 is 0 Å². The Bertz CT molecular complexity index is 480. The van der Waals surface area contributed by atoms with E-state index < -0.39 is 0 Å². The summed E-state index contributed by atoms with van der Waals surface area (Å²) in [5.74, 6) is 1.22. The molecule has 0 aromatic heterocycles. The fourth-order valence-electron chi connectivity index (χ4n) is 2.43. The number of rotatable bonds is 5. The number of ether oxygens (including phenoxy) is 3. The Hall–Kier alpha value is -0.970. The fraction of sp³-hybridized carbons (Fsp3) is 0.600. The largest absolute Gasteiger partial charge is 0.493 e. The lowest BCUT2D eigenvalue weighted by Gasteiger charge is -2.29. The zero-order valence-electron chi connectivity index (χ0n) is 12.5. The molecule has 2 rings (SSSR count). The second-order valence-corrected chi connectivity index (χ2v) is 5.69. The van der Waals surface area contributed by atoms with Crippen LogP contribution in [0.4, 0.5) is 0 Å². The van der Waals surface area contributed by atoms with Crippen LogP contribution in [0.2, 0.25) is 5.02 Å². The molecule has 0 spiro atoms. The Kier molecular flexibility index (Phi) is 4.78. The standard InChI is InChI=1S/C15H22ClNO3/c1-10-15(2,7-8-20-10)17-9-11-5-6-12(18-3)14(19-4)13(11)16/h5-6,10,17H,7-9H2,1-4H3. The number of methoxy groups -OCH3 is 2. The lowest BCUT2D eigenvalue weighted by Crippen LogP contribution is -2.47. The SMILES string of the molecule is COc1ccc(CNC2(C)CCOC2C)c(Cl)c1OC. The van der Waals surface area contributed by atoms with Gasteiger partial charge in [0, 0.05) is 18.7 Å². The van der Waals surface area contributed by atoms with E-state index in [-0.39, 0.29) is 11.6 Å². The van der Waals surface area contributed by atoms with E-state index in [0.717, 1.165) is 18.6 Å². The minimum Gasteiger partial charge on any atom is -0.493 e. The van der Waals surface area contributed by atoms with Crippen LogP contribution in [-0.4, -0.2) is 32.5 Å². The van der Waals surface area contributed by atoms with E-state index in [2.05, 4.69) is 19.2 Å². The first kappa shape index (κ1) is 15.4. The fourth-order valence-corrected chi connectivity index (χ4v) is 2.73. The van der Waals surface area contributed by atoms with Gasteiger partial charge in [0.05, 0.1) is 25.3 Å². The van der Waals surface area contributed by atoms with Crippen molar-refractivity contribution in [2.24, 2.45) is 0 Å². The van der Waals surface area contributed by atoms with Gasteiger partial charge in [-0.3, -0.25) is 0 Å². The third-order valence-corrected chi connectivity index (χ3v) is 4.55. The van der Waals surface area contributed by atoms with Gasteiger partial charge in [0.15, 0.2) is 11.5 Å². The summed E-state index contributed by atoms with van der Waals surface area (Å²) in [6.45, 7) is 5.74. The van der Waals surface area contributed by atoms with E-state index in [1.54, 1.807) is 14.2 Å². The van der Waals surface area contributed by atoms with Crippen LogP contribution in [0.15, 0.2) is 12.1 Å². The Morgan fingerprint density at radius 3 is 2.70 bits per heavy atom. The number of hydrogen-bond donors (Lipinski definition) is 1. The van der Waals surface area contributed by atoms with Gasteiger partial charge in [0.25, 0.3) is 0 Å². The first-order chi connectivity index (χ1) is 9.51. The van der Waals surface area contributed by atoms with Crippen molar-refractivity contribution in [3.8, 4) is 11.5 Å². The van der Waals surface area contributed by atoms with Crippen LogP contribution in [0, 0.1) is 0 Å². The van der Waals surface area contributed by atoms with Crippen LogP contribution in [0.5, 0.6) is 11.5 Å². The second kappa shape index (κ2) is 6.20. The molecule has 0 amide bonds. The van der Waals surface area contributed by atoms with Gasteiger partial charge in [0.1, 0.15) is 0 Å². The van der Waals surface area contributed by atoms with Crippen molar-refractivity contribution in [3.63, 3.8) is 0 Å². The zero-order valence-corrected chi connectivity index (χ0v) is 13.2. The number of benzene rings is 1. The predicted molar refractivity (Wildman–Crippen MR) is 79.8 cm³/mol. The molecular formula is C15H22ClNO3. The maximum absolute atomic E-state index is 6.38. The molecule has 2 atom stereocenters. The molecule has 1 aliphatic rings. The molecule has 1 fully saturated rings. The summed E-state index contributed by atoms with van der Waals surface area (Å²) in [5, 5.41) is 4.14. The average Bonchev–Trinajstić information content (AvgIpc) is 2.77. The molecular weight excluding hydrogens is 278 g/mol. The summed E-state index contributed by atoms with van der Waals surface area (Å²) in [6, 6.07) is 3.83. The molecule has 0 bridgehead atoms. The van der Waals surface area contributed by atoms with Crippen molar-refractivity contribution in [1.29, 1.82) is 0 Å². The van der Waals surface area contributed by atoms with E-state index in [0.29, 0.717) is 23.1 Å². The van der Waals surface area contributed by atoms with Crippen molar-refractivity contribution >= 4 is 11.6 Å². The normalized spacial score (nSPS) is 25.8. The Morgan fingerprint density at radius 2 is 2.15 bits per heavy atom. The summed E-state index contributed by atoms with van der Waals surface area (Å²) in [6.07, 6.45) is 1.19. The topological polar surface area (TPSA) is 39.7 Å². The van der Waals surface area contributed by atoms with Crippen LogP contribution >= 0.6 is 11.6 Å². The van der Waals surface area contributed by atoms with Crippen LogP contribution in [0.1, 0.15) is 25.8 Å². The quantitative estimate of drug-likeness (QED) is 0.907. The van der Waals surface area contributed by atoms with Gasteiger partial charge in [-0.05, 0) is 31.9 Å². The third kappa shape index (κ3) is 2.87. The molecule has 1 aliphatic heterocycles. The molecule has 1 N–H and O–H groups in total. The van der Waals surface area contributed by atoms with Crippen molar-refractivity contribution < 1.29 is 14.2 Å². The summed E-state index contributed by atoms with van der Waals surface area (Å²) >= 11 is 6.38. The van der Waals surface area contributed by atoms with E-state index in [1.807, 2.05) is 12.1 Å². The highest BCUT2D eigenvalue weighted by atomic mass is 35.5. The number of nitrogens with one attached hydrogen (secondary N) is 1. The van der Waals surface area contributed by atoms with Gasteiger partial charge in [-0.2, -0.15) is 0 Å². The van der Waals surface area contributed by atoms with Crippen molar-refractivity contribution in [1.82, 2.24) is 5.32 Å².